The molecule has 0 aliphatic rings. The maximum absolute atomic E-state index is 11.7. The average molecular weight is 269 g/mol. The molecule has 1 amide bonds. The monoisotopic (exact) mass is 269 g/mol. The van der Waals surface area contributed by atoms with E-state index < -0.39 is 0 Å². The summed E-state index contributed by atoms with van der Waals surface area (Å²) in [5.41, 5.74) is -0.222. The third kappa shape index (κ3) is 6.99. The van der Waals surface area contributed by atoms with E-state index in [1.807, 2.05) is 34.6 Å². The summed E-state index contributed by atoms with van der Waals surface area (Å²) >= 11 is 0. The van der Waals surface area contributed by atoms with E-state index in [-0.39, 0.29) is 23.3 Å². The van der Waals surface area contributed by atoms with E-state index in [1.165, 1.54) is 6.08 Å². The lowest BCUT2D eigenvalue weighted by atomic mass is 10.1. The second kappa shape index (κ2) is 7.97. The molecule has 0 heterocycles. The third-order valence-electron chi connectivity index (χ3n) is 2.74. The SMILES string of the molecule is C=CC(=O)N(CCCCOC(=O)C(C)C)C(C)(C)C. The van der Waals surface area contributed by atoms with Crippen molar-refractivity contribution in [3.63, 3.8) is 0 Å². The first-order valence-electron chi connectivity index (χ1n) is 6.80. The quantitative estimate of drug-likeness (QED) is 0.405. The number of rotatable bonds is 7. The topological polar surface area (TPSA) is 46.6 Å². The number of ether oxygens (including phenoxy) is 1. The Morgan fingerprint density at radius 1 is 1.26 bits per heavy atom. The fraction of sp³-hybridized carbons (Fsp3) is 0.733. The lowest BCUT2D eigenvalue weighted by molar-refractivity contribution is -0.147. The molecule has 0 atom stereocenters. The summed E-state index contributed by atoms with van der Waals surface area (Å²) in [5, 5.41) is 0. The highest BCUT2D eigenvalue weighted by atomic mass is 16.5. The molecular formula is C15H27NO3. The van der Waals surface area contributed by atoms with Crippen LogP contribution in [0.25, 0.3) is 0 Å². The van der Waals surface area contributed by atoms with Gasteiger partial charge in [0.05, 0.1) is 12.5 Å². The first-order valence-corrected chi connectivity index (χ1v) is 6.80. The van der Waals surface area contributed by atoms with Crippen LogP contribution >= 0.6 is 0 Å². The Morgan fingerprint density at radius 2 is 1.84 bits per heavy atom. The Balaban J connectivity index is 4.05. The maximum atomic E-state index is 11.7. The predicted molar refractivity (Wildman–Crippen MR) is 76.7 cm³/mol. The molecule has 0 N–H and O–H groups in total. The van der Waals surface area contributed by atoms with Crippen LogP contribution in [0, 0.1) is 5.92 Å². The number of hydrogen-bond acceptors (Lipinski definition) is 3. The van der Waals surface area contributed by atoms with Crippen molar-refractivity contribution in [3.8, 4) is 0 Å². The molecule has 0 rings (SSSR count). The number of carbonyl (C=O) groups excluding carboxylic acids is 2. The highest BCUT2D eigenvalue weighted by Gasteiger charge is 2.23. The Bertz CT molecular complexity index is 316. The molecule has 0 fully saturated rings. The standard InChI is InChI=1S/C15H27NO3/c1-7-13(17)16(15(4,5)6)10-8-9-11-19-14(18)12(2)3/h7,12H,1,8-11H2,2-6H3. The molecule has 0 saturated carbocycles. The van der Waals surface area contributed by atoms with Gasteiger partial charge in [-0.05, 0) is 39.7 Å². The van der Waals surface area contributed by atoms with Crippen molar-refractivity contribution in [2.75, 3.05) is 13.2 Å². The van der Waals surface area contributed by atoms with Crippen LogP contribution in [0.5, 0.6) is 0 Å². The number of nitrogens with zero attached hydrogens (tertiary/aromatic N) is 1. The van der Waals surface area contributed by atoms with Crippen LogP contribution in [0.4, 0.5) is 0 Å². The lowest BCUT2D eigenvalue weighted by Gasteiger charge is -2.35. The molecule has 0 aliphatic heterocycles. The van der Waals surface area contributed by atoms with Crippen molar-refractivity contribution in [2.45, 2.75) is 53.0 Å². The smallest absolute Gasteiger partial charge is 0.308 e. The van der Waals surface area contributed by atoms with E-state index >= 15 is 0 Å². The van der Waals surface area contributed by atoms with Gasteiger partial charge in [0, 0.05) is 12.1 Å². The van der Waals surface area contributed by atoms with Crippen LogP contribution in [0.15, 0.2) is 12.7 Å². The van der Waals surface area contributed by atoms with Crippen molar-refractivity contribution in [1.82, 2.24) is 4.90 Å². The zero-order valence-electron chi connectivity index (χ0n) is 12.9. The van der Waals surface area contributed by atoms with Crippen LogP contribution in [0.1, 0.15) is 47.5 Å². The van der Waals surface area contributed by atoms with Gasteiger partial charge < -0.3 is 9.64 Å². The second-order valence-corrected chi connectivity index (χ2v) is 5.89. The van der Waals surface area contributed by atoms with Gasteiger partial charge in [-0.3, -0.25) is 9.59 Å². The van der Waals surface area contributed by atoms with Gasteiger partial charge >= 0.3 is 5.97 Å². The van der Waals surface area contributed by atoms with Gasteiger partial charge in [-0.15, -0.1) is 0 Å². The van der Waals surface area contributed by atoms with Crippen molar-refractivity contribution in [1.29, 1.82) is 0 Å². The molecule has 19 heavy (non-hydrogen) atoms. The zero-order valence-corrected chi connectivity index (χ0v) is 12.9. The molecule has 0 aliphatic carbocycles. The van der Waals surface area contributed by atoms with Crippen molar-refractivity contribution >= 4 is 11.9 Å². The maximum Gasteiger partial charge on any atom is 0.308 e. The van der Waals surface area contributed by atoms with E-state index in [1.54, 1.807) is 4.90 Å². The van der Waals surface area contributed by atoms with Gasteiger partial charge in [-0.1, -0.05) is 20.4 Å². The van der Waals surface area contributed by atoms with E-state index in [2.05, 4.69) is 6.58 Å². The minimum atomic E-state index is -0.222. The van der Waals surface area contributed by atoms with Crippen LogP contribution in [-0.2, 0) is 14.3 Å². The average Bonchev–Trinajstić information content (AvgIpc) is 2.30. The molecule has 4 heteroatoms. The molecule has 0 bridgehead atoms. The fourth-order valence-corrected chi connectivity index (χ4v) is 1.60. The summed E-state index contributed by atoms with van der Waals surface area (Å²) in [6, 6.07) is 0. The number of carbonyl (C=O) groups is 2. The second-order valence-electron chi connectivity index (χ2n) is 5.89. The van der Waals surface area contributed by atoms with Gasteiger partial charge in [0.25, 0.3) is 0 Å². The van der Waals surface area contributed by atoms with E-state index in [0.29, 0.717) is 13.2 Å². The third-order valence-corrected chi connectivity index (χ3v) is 2.74. The Morgan fingerprint density at radius 3 is 2.26 bits per heavy atom. The van der Waals surface area contributed by atoms with E-state index in [4.69, 9.17) is 4.74 Å². The minimum Gasteiger partial charge on any atom is -0.465 e. The molecule has 0 aromatic rings. The highest BCUT2D eigenvalue weighted by molar-refractivity contribution is 5.87. The molecule has 110 valence electrons. The number of unbranched alkanes of at least 4 members (excludes halogenated alkanes) is 1. The Labute approximate surface area is 116 Å². The molecule has 0 saturated heterocycles. The van der Waals surface area contributed by atoms with Crippen LogP contribution < -0.4 is 0 Å². The highest BCUT2D eigenvalue weighted by Crippen LogP contribution is 2.15. The normalized spacial score (nSPS) is 11.3. The number of hydrogen-bond donors (Lipinski definition) is 0. The molecule has 0 aromatic carbocycles. The predicted octanol–water partition coefficient (Wildman–Crippen LogP) is 2.78. The summed E-state index contributed by atoms with van der Waals surface area (Å²) < 4.78 is 5.10. The first kappa shape index (κ1) is 17.7. The van der Waals surface area contributed by atoms with Crippen molar-refractivity contribution in [3.05, 3.63) is 12.7 Å². The molecule has 0 spiro atoms. The molecule has 0 aromatic heterocycles. The molecule has 0 radical (unpaired) electrons. The van der Waals surface area contributed by atoms with Crippen molar-refractivity contribution < 1.29 is 14.3 Å². The molecular weight excluding hydrogens is 242 g/mol. The number of esters is 1. The summed E-state index contributed by atoms with van der Waals surface area (Å²) in [6.07, 6.45) is 2.90. The van der Waals surface area contributed by atoms with Gasteiger partial charge in [-0.25, -0.2) is 0 Å². The first-order chi connectivity index (χ1) is 8.70. The zero-order chi connectivity index (χ0) is 15.1. The van der Waals surface area contributed by atoms with Gasteiger partial charge in [0.1, 0.15) is 0 Å². The minimum absolute atomic E-state index is 0.0633. The summed E-state index contributed by atoms with van der Waals surface area (Å²) in [7, 11) is 0. The number of amides is 1. The summed E-state index contributed by atoms with van der Waals surface area (Å²) in [6.45, 7) is 14.2. The van der Waals surface area contributed by atoms with Crippen LogP contribution in [0.2, 0.25) is 0 Å². The van der Waals surface area contributed by atoms with Gasteiger partial charge in [0.2, 0.25) is 5.91 Å². The van der Waals surface area contributed by atoms with Crippen LogP contribution in [-0.4, -0.2) is 35.5 Å². The van der Waals surface area contributed by atoms with Gasteiger partial charge in [-0.2, -0.15) is 0 Å². The van der Waals surface area contributed by atoms with Gasteiger partial charge in [0.15, 0.2) is 0 Å². The van der Waals surface area contributed by atoms with Crippen molar-refractivity contribution in [2.24, 2.45) is 5.92 Å². The summed E-state index contributed by atoms with van der Waals surface area (Å²) in [4.78, 5) is 24.8. The lowest BCUT2D eigenvalue weighted by Crippen LogP contribution is -2.45. The van der Waals surface area contributed by atoms with E-state index in [0.717, 1.165) is 12.8 Å². The fourth-order valence-electron chi connectivity index (χ4n) is 1.60. The summed E-state index contributed by atoms with van der Waals surface area (Å²) in [5.74, 6) is -0.324. The van der Waals surface area contributed by atoms with E-state index in [9.17, 15) is 9.59 Å². The Hall–Kier alpha value is -1.32. The largest absolute Gasteiger partial charge is 0.465 e. The molecule has 0 unspecified atom stereocenters. The molecule has 4 nitrogen and oxygen atoms in total. The Kier molecular flexibility index (Phi) is 7.42. The van der Waals surface area contributed by atoms with Crippen LogP contribution in [0.3, 0.4) is 0 Å².